The van der Waals surface area contributed by atoms with Crippen LogP contribution in [0, 0.1) is 5.82 Å². The molecule has 1 aliphatic heterocycles. The van der Waals surface area contributed by atoms with Gasteiger partial charge in [-0.05, 0) is 40.7 Å². The molecule has 1 saturated heterocycles. The number of ether oxygens (including phenoxy) is 1. The van der Waals surface area contributed by atoms with Gasteiger partial charge < -0.3 is 10.1 Å². The van der Waals surface area contributed by atoms with Gasteiger partial charge in [-0.1, -0.05) is 11.6 Å². The molecule has 0 saturated carbocycles. The van der Waals surface area contributed by atoms with E-state index in [1.165, 1.54) is 11.1 Å². The summed E-state index contributed by atoms with van der Waals surface area (Å²) in [6, 6.07) is 1.14. The lowest BCUT2D eigenvalue weighted by atomic mass is 9.92. The lowest BCUT2D eigenvalue weighted by Crippen LogP contribution is -2.50. The highest BCUT2D eigenvalue weighted by Gasteiger charge is 2.33. The Morgan fingerprint density at radius 3 is 2.67 bits per heavy atom. The van der Waals surface area contributed by atoms with Crippen LogP contribution in [0.1, 0.15) is 64.1 Å². The maximum atomic E-state index is 14.9. The van der Waals surface area contributed by atoms with Crippen molar-refractivity contribution in [2.75, 3.05) is 13.2 Å². The van der Waals surface area contributed by atoms with Crippen molar-refractivity contribution in [1.29, 1.82) is 0 Å². The lowest BCUT2D eigenvalue weighted by molar-refractivity contribution is -0.127. The van der Waals surface area contributed by atoms with Crippen LogP contribution >= 0.6 is 11.6 Å². The first-order valence-electron chi connectivity index (χ1n) is 9.02. The molecule has 1 aromatic rings. The predicted octanol–water partition coefficient (Wildman–Crippen LogP) is 3.30. The largest absolute Gasteiger partial charge is 0.493 e. The number of rotatable bonds is 7. The highest BCUT2D eigenvalue weighted by atomic mass is 35.5. The van der Waals surface area contributed by atoms with Gasteiger partial charge in [-0.3, -0.25) is 14.6 Å². The Hall–Kier alpha value is -1.86. The number of hydrogen-bond donors (Lipinski definition) is 2. The topological polar surface area (TPSA) is 70.7 Å². The molecule has 8 heteroatoms. The average molecular weight is 400 g/mol. The first-order valence-corrected chi connectivity index (χ1v) is 9.40. The number of nitrogens with one attached hydrogen (secondary N) is 2. The number of hydrazine groups is 1. The minimum Gasteiger partial charge on any atom is -0.493 e. The van der Waals surface area contributed by atoms with Crippen molar-refractivity contribution in [3.63, 3.8) is 0 Å². The number of nitrogens with zero attached hydrogens (tertiary/aromatic N) is 1. The zero-order chi connectivity index (χ0) is 20.4. The van der Waals surface area contributed by atoms with Gasteiger partial charge in [-0.15, -0.1) is 0 Å². The molecule has 0 aromatic heterocycles. The van der Waals surface area contributed by atoms with E-state index in [-0.39, 0.29) is 29.3 Å². The Morgan fingerprint density at radius 2 is 2.19 bits per heavy atom. The normalized spacial score (nSPS) is 18.2. The van der Waals surface area contributed by atoms with Gasteiger partial charge in [0.1, 0.15) is 11.6 Å². The second-order valence-corrected chi connectivity index (χ2v) is 8.05. The van der Waals surface area contributed by atoms with Crippen molar-refractivity contribution in [2.45, 2.75) is 58.5 Å². The van der Waals surface area contributed by atoms with Gasteiger partial charge in [0.2, 0.25) is 12.3 Å². The molecular formula is C19H27ClFN3O3. The van der Waals surface area contributed by atoms with E-state index < -0.39 is 11.4 Å². The van der Waals surface area contributed by atoms with Crippen molar-refractivity contribution < 1.29 is 18.7 Å². The zero-order valence-corrected chi connectivity index (χ0v) is 17.1. The quantitative estimate of drug-likeness (QED) is 0.545. The van der Waals surface area contributed by atoms with Crippen LogP contribution in [0.5, 0.6) is 5.75 Å². The number of hydrogen-bond acceptors (Lipinski definition) is 4. The van der Waals surface area contributed by atoms with Crippen molar-refractivity contribution in [1.82, 2.24) is 15.8 Å². The van der Waals surface area contributed by atoms with Crippen LogP contribution in [0.25, 0.3) is 0 Å². The van der Waals surface area contributed by atoms with E-state index in [4.69, 9.17) is 16.3 Å². The molecule has 2 amide bonds. The highest BCUT2D eigenvalue weighted by Crippen LogP contribution is 2.41. The maximum Gasteiger partial charge on any atom is 0.224 e. The van der Waals surface area contributed by atoms with Gasteiger partial charge in [-0.25, -0.2) is 9.82 Å². The summed E-state index contributed by atoms with van der Waals surface area (Å²) in [4.78, 5) is 23.1. The molecule has 0 spiro atoms. The Morgan fingerprint density at radius 1 is 1.52 bits per heavy atom. The second-order valence-electron chi connectivity index (χ2n) is 7.64. The standard InChI is InChI=1S/C19H27ClFN3O3/c1-6-27-18-13(11(2)23-24(10-25)19(3,4)5)8-14(20)17(21)16(18)12-7-15(26)22-9-12/h8,10-12,23H,6-7,9H2,1-5H3,(H,22,26)/t11-,12+/m1/s1. The molecule has 6 nitrogen and oxygen atoms in total. The summed E-state index contributed by atoms with van der Waals surface area (Å²) in [5.41, 5.74) is 3.61. The van der Waals surface area contributed by atoms with E-state index in [2.05, 4.69) is 10.7 Å². The smallest absolute Gasteiger partial charge is 0.224 e. The van der Waals surface area contributed by atoms with Crippen molar-refractivity contribution >= 4 is 23.9 Å². The summed E-state index contributed by atoms with van der Waals surface area (Å²) in [5, 5.41) is 4.13. The van der Waals surface area contributed by atoms with E-state index in [1.807, 2.05) is 34.6 Å². The van der Waals surface area contributed by atoms with Crippen LogP contribution in [0.4, 0.5) is 4.39 Å². The minimum absolute atomic E-state index is 0.0372. The molecule has 0 aliphatic carbocycles. The summed E-state index contributed by atoms with van der Waals surface area (Å²) in [6.45, 7) is 9.99. The predicted molar refractivity (Wildman–Crippen MR) is 102 cm³/mol. The van der Waals surface area contributed by atoms with Gasteiger partial charge in [0, 0.05) is 30.0 Å². The van der Waals surface area contributed by atoms with E-state index in [0.29, 0.717) is 36.4 Å². The van der Waals surface area contributed by atoms with Crippen LogP contribution in [0.15, 0.2) is 6.07 Å². The lowest BCUT2D eigenvalue weighted by Gasteiger charge is -2.35. The average Bonchev–Trinajstić information content (AvgIpc) is 3.00. The second kappa shape index (κ2) is 8.44. The van der Waals surface area contributed by atoms with Crippen LogP contribution in [-0.2, 0) is 9.59 Å². The Bertz CT molecular complexity index is 721. The third-order valence-corrected chi connectivity index (χ3v) is 4.81. The van der Waals surface area contributed by atoms with E-state index >= 15 is 0 Å². The fraction of sp³-hybridized carbons (Fsp3) is 0.579. The molecule has 1 heterocycles. The molecule has 150 valence electrons. The third kappa shape index (κ3) is 4.71. The molecule has 1 aliphatic rings. The summed E-state index contributed by atoms with van der Waals surface area (Å²) >= 11 is 6.16. The van der Waals surface area contributed by atoms with Gasteiger partial charge >= 0.3 is 0 Å². The van der Waals surface area contributed by atoms with Crippen LogP contribution in [0.3, 0.4) is 0 Å². The van der Waals surface area contributed by atoms with Crippen molar-refractivity contribution in [3.8, 4) is 5.75 Å². The molecule has 1 fully saturated rings. The van der Waals surface area contributed by atoms with E-state index in [0.717, 1.165) is 0 Å². The van der Waals surface area contributed by atoms with Gasteiger partial charge in [0.25, 0.3) is 0 Å². The fourth-order valence-electron chi connectivity index (χ4n) is 3.11. The molecular weight excluding hydrogens is 373 g/mol. The number of amides is 2. The van der Waals surface area contributed by atoms with Crippen molar-refractivity contribution in [3.05, 3.63) is 28.0 Å². The first kappa shape index (κ1) is 21.4. The molecule has 0 radical (unpaired) electrons. The minimum atomic E-state index is -0.569. The fourth-order valence-corrected chi connectivity index (χ4v) is 3.33. The monoisotopic (exact) mass is 399 g/mol. The summed E-state index contributed by atoms with van der Waals surface area (Å²) in [7, 11) is 0. The van der Waals surface area contributed by atoms with Gasteiger partial charge in [0.15, 0.2) is 0 Å². The maximum absolute atomic E-state index is 14.9. The summed E-state index contributed by atoms with van der Waals surface area (Å²) in [5.74, 6) is -0.677. The molecule has 0 unspecified atom stereocenters. The molecule has 0 bridgehead atoms. The number of carbonyl (C=O) groups is 2. The van der Waals surface area contributed by atoms with E-state index in [9.17, 15) is 14.0 Å². The van der Waals surface area contributed by atoms with Crippen molar-refractivity contribution in [2.24, 2.45) is 0 Å². The van der Waals surface area contributed by atoms with Crippen LogP contribution < -0.4 is 15.5 Å². The van der Waals surface area contributed by atoms with Crippen LogP contribution in [0.2, 0.25) is 5.02 Å². The molecule has 2 atom stereocenters. The van der Waals surface area contributed by atoms with Crippen LogP contribution in [-0.4, -0.2) is 36.0 Å². The Kier molecular flexibility index (Phi) is 6.70. The number of halogens is 2. The summed E-state index contributed by atoms with van der Waals surface area (Å²) < 4.78 is 20.7. The molecule has 1 aromatic carbocycles. The SMILES string of the molecule is CCOc1c([C@@H](C)NN(C=O)C(C)(C)C)cc(Cl)c(F)c1[C@@H]1CNC(=O)C1. The van der Waals surface area contributed by atoms with E-state index in [1.54, 1.807) is 0 Å². The molecule has 2 rings (SSSR count). The Balaban J connectivity index is 2.50. The highest BCUT2D eigenvalue weighted by molar-refractivity contribution is 6.31. The van der Waals surface area contributed by atoms with Gasteiger partial charge in [-0.2, -0.15) is 0 Å². The molecule has 27 heavy (non-hydrogen) atoms. The zero-order valence-electron chi connectivity index (χ0n) is 16.4. The van der Waals surface area contributed by atoms with Gasteiger partial charge in [0.05, 0.1) is 23.2 Å². The summed E-state index contributed by atoms with van der Waals surface area (Å²) in [6.07, 6.45) is 0.892. The number of carbonyl (C=O) groups excluding carboxylic acids is 2. The number of benzene rings is 1. The Labute approximate surface area is 164 Å². The third-order valence-electron chi connectivity index (χ3n) is 4.54. The molecule has 2 N–H and O–H groups in total. The first-order chi connectivity index (χ1) is 12.6.